The molecule has 0 aliphatic heterocycles. The highest BCUT2D eigenvalue weighted by Gasteiger charge is 2.13. The molecule has 0 radical (unpaired) electrons. The van der Waals surface area contributed by atoms with Gasteiger partial charge in [0.1, 0.15) is 5.82 Å². The monoisotopic (exact) mass is 345 g/mol. The summed E-state index contributed by atoms with van der Waals surface area (Å²) in [5, 5.41) is 19.5. The van der Waals surface area contributed by atoms with Crippen LogP contribution in [0.2, 0.25) is 10.0 Å². The van der Waals surface area contributed by atoms with Crippen LogP contribution >= 0.6 is 35.0 Å². The third-order valence-corrected chi connectivity index (χ3v) is 4.78. The maximum atomic E-state index is 8.92. The summed E-state index contributed by atoms with van der Waals surface area (Å²) in [4.78, 5) is 0. The number of benzene rings is 1. The molecule has 0 atom stereocenters. The summed E-state index contributed by atoms with van der Waals surface area (Å²) in [7, 11) is 0. The van der Waals surface area contributed by atoms with Gasteiger partial charge in [-0.05, 0) is 31.0 Å². The quantitative estimate of drug-likeness (QED) is 0.775. The van der Waals surface area contributed by atoms with Gasteiger partial charge in [0.25, 0.3) is 0 Å². The Morgan fingerprint density at radius 3 is 2.57 bits per heavy atom. The molecule has 21 heavy (non-hydrogen) atoms. The van der Waals surface area contributed by atoms with E-state index in [0.717, 1.165) is 29.5 Å². The first kappa shape index (κ1) is 16.6. The molecule has 0 spiro atoms. The van der Waals surface area contributed by atoms with Gasteiger partial charge in [0.15, 0.2) is 5.16 Å². The van der Waals surface area contributed by atoms with Gasteiger partial charge in [-0.25, -0.2) is 0 Å². The van der Waals surface area contributed by atoms with E-state index in [1.807, 2.05) is 18.2 Å². The lowest BCUT2D eigenvalue weighted by molar-refractivity contribution is 0.286. The van der Waals surface area contributed by atoms with E-state index in [4.69, 9.17) is 28.3 Å². The molecule has 0 amide bonds. The third-order valence-electron chi connectivity index (χ3n) is 3.08. The topological polar surface area (TPSA) is 50.9 Å². The Morgan fingerprint density at radius 1 is 1.24 bits per heavy atom. The SMILES string of the molecule is CCn1c(CCCO)nnc1SCc1c(Cl)cccc1Cl. The first-order chi connectivity index (χ1) is 10.2. The minimum absolute atomic E-state index is 0.161. The first-order valence-electron chi connectivity index (χ1n) is 6.76. The fraction of sp³-hybridized carbons (Fsp3) is 0.429. The molecule has 1 heterocycles. The maximum absolute atomic E-state index is 8.92. The number of halogens is 2. The van der Waals surface area contributed by atoms with Crippen molar-refractivity contribution >= 4 is 35.0 Å². The minimum Gasteiger partial charge on any atom is -0.396 e. The van der Waals surface area contributed by atoms with Gasteiger partial charge in [-0.1, -0.05) is 41.0 Å². The van der Waals surface area contributed by atoms with Crippen molar-refractivity contribution in [3.8, 4) is 0 Å². The van der Waals surface area contributed by atoms with Crippen molar-refractivity contribution in [3.63, 3.8) is 0 Å². The number of thioether (sulfide) groups is 1. The first-order valence-corrected chi connectivity index (χ1v) is 8.50. The normalized spacial score (nSPS) is 11.0. The summed E-state index contributed by atoms with van der Waals surface area (Å²) in [6, 6.07) is 5.50. The van der Waals surface area contributed by atoms with Gasteiger partial charge >= 0.3 is 0 Å². The van der Waals surface area contributed by atoms with Crippen LogP contribution in [0, 0.1) is 0 Å². The summed E-state index contributed by atoms with van der Waals surface area (Å²) >= 11 is 13.9. The second kappa shape index (κ2) is 8.03. The Morgan fingerprint density at radius 2 is 1.95 bits per heavy atom. The minimum atomic E-state index is 0.161. The fourth-order valence-electron chi connectivity index (χ4n) is 1.97. The second-order valence-corrected chi connectivity index (χ2v) is 6.22. The number of aromatic nitrogens is 3. The molecule has 1 aromatic heterocycles. The molecule has 7 heteroatoms. The molecular formula is C14H17Cl2N3OS. The molecule has 114 valence electrons. The van der Waals surface area contributed by atoms with Crippen molar-refractivity contribution in [3.05, 3.63) is 39.6 Å². The second-order valence-electron chi connectivity index (χ2n) is 4.46. The zero-order valence-corrected chi connectivity index (χ0v) is 14.0. The van der Waals surface area contributed by atoms with E-state index >= 15 is 0 Å². The summed E-state index contributed by atoms with van der Waals surface area (Å²) in [5.74, 6) is 1.55. The van der Waals surface area contributed by atoms with E-state index in [-0.39, 0.29) is 6.61 Å². The van der Waals surface area contributed by atoms with Crippen molar-refractivity contribution < 1.29 is 5.11 Å². The highest BCUT2D eigenvalue weighted by Crippen LogP contribution is 2.31. The Bertz CT molecular complexity index is 584. The predicted molar refractivity (Wildman–Crippen MR) is 87.1 cm³/mol. The van der Waals surface area contributed by atoms with E-state index in [2.05, 4.69) is 21.7 Å². The van der Waals surface area contributed by atoms with Crippen LogP contribution in [0.3, 0.4) is 0 Å². The van der Waals surface area contributed by atoms with Gasteiger partial charge in [0, 0.05) is 35.4 Å². The van der Waals surface area contributed by atoms with Crippen molar-refractivity contribution in [1.29, 1.82) is 0 Å². The zero-order chi connectivity index (χ0) is 15.2. The van der Waals surface area contributed by atoms with Gasteiger partial charge < -0.3 is 9.67 Å². The predicted octanol–water partition coefficient (Wildman–Crippen LogP) is 3.82. The molecule has 0 fully saturated rings. The molecule has 0 aliphatic rings. The lowest BCUT2D eigenvalue weighted by atomic mass is 10.2. The molecule has 0 saturated carbocycles. The zero-order valence-electron chi connectivity index (χ0n) is 11.7. The Kier molecular flexibility index (Phi) is 6.36. The number of aliphatic hydroxyl groups excluding tert-OH is 1. The van der Waals surface area contributed by atoms with Gasteiger partial charge in [-0.2, -0.15) is 0 Å². The summed E-state index contributed by atoms with van der Waals surface area (Å²) in [6.07, 6.45) is 1.42. The molecule has 0 aliphatic carbocycles. The van der Waals surface area contributed by atoms with Crippen LogP contribution in [-0.2, 0) is 18.7 Å². The molecule has 2 aromatic rings. The molecular weight excluding hydrogens is 329 g/mol. The van der Waals surface area contributed by atoms with Crippen LogP contribution in [0.4, 0.5) is 0 Å². The van der Waals surface area contributed by atoms with Gasteiger partial charge in [-0.15, -0.1) is 10.2 Å². The molecule has 0 unspecified atom stereocenters. The Hall–Kier alpha value is -0.750. The lowest BCUT2D eigenvalue weighted by Gasteiger charge is -2.08. The van der Waals surface area contributed by atoms with E-state index in [1.165, 1.54) is 0 Å². The smallest absolute Gasteiger partial charge is 0.191 e. The number of rotatable bonds is 7. The standard InChI is InChI=1S/C14H17Cl2N3OS/c1-2-19-13(7-4-8-20)17-18-14(19)21-9-10-11(15)5-3-6-12(10)16/h3,5-6,20H,2,4,7-9H2,1H3. The molecule has 2 rings (SSSR count). The van der Waals surface area contributed by atoms with Crippen LogP contribution in [0.1, 0.15) is 24.7 Å². The van der Waals surface area contributed by atoms with E-state index in [1.54, 1.807) is 11.8 Å². The van der Waals surface area contributed by atoms with Crippen molar-refractivity contribution in [1.82, 2.24) is 14.8 Å². The largest absolute Gasteiger partial charge is 0.396 e. The number of nitrogens with zero attached hydrogens (tertiary/aromatic N) is 3. The van der Waals surface area contributed by atoms with Crippen molar-refractivity contribution in [2.24, 2.45) is 0 Å². The fourth-order valence-corrected chi connectivity index (χ4v) is 3.74. The lowest BCUT2D eigenvalue weighted by Crippen LogP contribution is -2.04. The van der Waals surface area contributed by atoms with E-state index in [0.29, 0.717) is 22.2 Å². The number of aryl methyl sites for hydroxylation is 1. The van der Waals surface area contributed by atoms with Gasteiger partial charge in [0.05, 0.1) is 0 Å². The molecule has 1 N–H and O–H groups in total. The Balaban J connectivity index is 2.11. The maximum Gasteiger partial charge on any atom is 0.191 e. The van der Waals surface area contributed by atoms with Crippen molar-refractivity contribution in [2.45, 2.75) is 37.2 Å². The third kappa shape index (κ3) is 4.13. The molecule has 0 bridgehead atoms. The van der Waals surface area contributed by atoms with Crippen LogP contribution < -0.4 is 0 Å². The van der Waals surface area contributed by atoms with Crippen LogP contribution in [0.15, 0.2) is 23.4 Å². The molecule has 0 saturated heterocycles. The average molecular weight is 346 g/mol. The van der Waals surface area contributed by atoms with Gasteiger partial charge in [-0.3, -0.25) is 0 Å². The molecule has 1 aromatic carbocycles. The van der Waals surface area contributed by atoms with E-state index in [9.17, 15) is 0 Å². The summed E-state index contributed by atoms with van der Waals surface area (Å²) in [5.41, 5.74) is 0.911. The Labute approximate surface area is 138 Å². The van der Waals surface area contributed by atoms with E-state index < -0.39 is 0 Å². The molecule has 4 nitrogen and oxygen atoms in total. The highest BCUT2D eigenvalue weighted by atomic mass is 35.5. The number of hydrogen-bond donors (Lipinski definition) is 1. The summed E-state index contributed by atoms with van der Waals surface area (Å²) < 4.78 is 2.06. The van der Waals surface area contributed by atoms with Gasteiger partial charge in [0.2, 0.25) is 0 Å². The number of hydrogen-bond acceptors (Lipinski definition) is 4. The van der Waals surface area contributed by atoms with Crippen LogP contribution in [0.25, 0.3) is 0 Å². The summed E-state index contributed by atoms with van der Waals surface area (Å²) in [6.45, 7) is 3.01. The number of aliphatic hydroxyl groups is 1. The van der Waals surface area contributed by atoms with Crippen LogP contribution in [0.5, 0.6) is 0 Å². The van der Waals surface area contributed by atoms with Crippen LogP contribution in [-0.4, -0.2) is 26.5 Å². The highest BCUT2D eigenvalue weighted by molar-refractivity contribution is 7.98. The average Bonchev–Trinajstić information content (AvgIpc) is 2.86. The van der Waals surface area contributed by atoms with Crippen molar-refractivity contribution in [2.75, 3.05) is 6.61 Å².